The molecular weight excluding hydrogens is 312 g/mol. The standard InChI is InChI=1S/C18H20O6/c19-10-14-15(20)16(21)17(22)18(24-14)23-13-8-6-12(7-9-13)11-4-2-1-3-5-11/h1-9,14-22H,10H2/t14-,15-,16+,17+,18?/m1/s1. The van der Waals surface area contributed by atoms with Gasteiger partial charge in [0.05, 0.1) is 6.61 Å². The average Bonchev–Trinajstić information content (AvgIpc) is 2.63. The first-order valence-electron chi connectivity index (χ1n) is 7.73. The van der Waals surface area contributed by atoms with Gasteiger partial charge < -0.3 is 29.9 Å². The lowest BCUT2D eigenvalue weighted by atomic mass is 9.99. The second kappa shape index (κ2) is 7.29. The monoisotopic (exact) mass is 332 g/mol. The lowest BCUT2D eigenvalue weighted by Crippen LogP contribution is -2.60. The van der Waals surface area contributed by atoms with E-state index >= 15 is 0 Å². The summed E-state index contributed by atoms with van der Waals surface area (Å²) in [5.74, 6) is 0.444. The predicted octanol–water partition coefficient (Wildman–Crippen LogP) is 0.532. The fraction of sp³-hybridized carbons (Fsp3) is 0.333. The van der Waals surface area contributed by atoms with Gasteiger partial charge in [-0.25, -0.2) is 0 Å². The molecule has 1 aliphatic heterocycles. The first-order valence-corrected chi connectivity index (χ1v) is 7.73. The molecule has 1 aliphatic rings. The van der Waals surface area contributed by atoms with Crippen LogP contribution in [0.25, 0.3) is 11.1 Å². The summed E-state index contributed by atoms with van der Waals surface area (Å²) >= 11 is 0. The third kappa shape index (κ3) is 3.43. The molecule has 24 heavy (non-hydrogen) atoms. The summed E-state index contributed by atoms with van der Waals surface area (Å²) in [5.41, 5.74) is 2.08. The normalized spacial score (nSPS) is 30.1. The minimum absolute atomic E-state index is 0.444. The average molecular weight is 332 g/mol. The van der Waals surface area contributed by atoms with E-state index in [1.54, 1.807) is 12.1 Å². The van der Waals surface area contributed by atoms with Gasteiger partial charge in [-0.15, -0.1) is 0 Å². The van der Waals surface area contributed by atoms with Crippen molar-refractivity contribution >= 4 is 0 Å². The maximum atomic E-state index is 9.97. The fourth-order valence-corrected chi connectivity index (χ4v) is 2.66. The quantitative estimate of drug-likeness (QED) is 0.652. The van der Waals surface area contributed by atoms with Crippen LogP contribution in [0.15, 0.2) is 54.6 Å². The highest BCUT2D eigenvalue weighted by Crippen LogP contribution is 2.26. The van der Waals surface area contributed by atoms with Gasteiger partial charge in [-0.3, -0.25) is 0 Å². The minimum Gasteiger partial charge on any atom is -0.462 e. The Labute approximate surface area is 139 Å². The lowest BCUT2D eigenvalue weighted by molar-refractivity contribution is -0.277. The number of aliphatic hydroxyl groups is 4. The molecule has 1 heterocycles. The molecule has 2 aromatic rings. The molecule has 2 aromatic carbocycles. The van der Waals surface area contributed by atoms with Gasteiger partial charge in [-0.05, 0) is 23.3 Å². The summed E-state index contributed by atoms with van der Waals surface area (Å²) in [7, 11) is 0. The third-order valence-corrected chi connectivity index (χ3v) is 4.06. The number of ether oxygens (including phenoxy) is 2. The van der Waals surface area contributed by atoms with Gasteiger partial charge in [-0.2, -0.15) is 0 Å². The molecule has 5 atom stereocenters. The third-order valence-electron chi connectivity index (χ3n) is 4.06. The zero-order valence-corrected chi connectivity index (χ0v) is 12.9. The van der Waals surface area contributed by atoms with Gasteiger partial charge in [0.25, 0.3) is 0 Å². The van der Waals surface area contributed by atoms with Gasteiger partial charge in [0.2, 0.25) is 6.29 Å². The molecule has 6 heteroatoms. The summed E-state index contributed by atoms with van der Waals surface area (Å²) in [6, 6.07) is 17.0. The number of hydrogen-bond donors (Lipinski definition) is 4. The first-order chi connectivity index (χ1) is 11.6. The SMILES string of the molecule is OC[C@H]1OC(Oc2ccc(-c3ccccc3)cc2)[C@@H](O)[C@@H](O)[C@@H]1O. The van der Waals surface area contributed by atoms with Gasteiger partial charge in [-0.1, -0.05) is 42.5 Å². The van der Waals surface area contributed by atoms with E-state index in [1.807, 2.05) is 42.5 Å². The Balaban J connectivity index is 1.71. The molecule has 0 aliphatic carbocycles. The van der Waals surface area contributed by atoms with Crippen LogP contribution in [-0.4, -0.2) is 57.7 Å². The molecule has 128 valence electrons. The van der Waals surface area contributed by atoms with Gasteiger partial charge in [0.1, 0.15) is 30.2 Å². The summed E-state index contributed by atoms with van der Waals surface area (Å²) in [6.07, 6.45) is -6.44. The van der Waals surface area contributed by atoms with Crippen molar-refractivity contribution in [1.29, 1.82) is 0 Å². The number of hydrogen-bond acceptors (Lipinski definition) is 6. The van der Waals surface area contributed by atoms with E-state index < -0.39 is 37.3 Å². The van der Waals surface area contributed by atoms with Crippen LogP contribution in [0.4, 0.5) is 0 Å². The fourth-order valence-electron chi connectivity index (χ4n) is 2.66. The molecule has 0 aromatic heterocycles. The Hall–Kier alpha value is -1.96. The van der Waals surface area contributed by atoms with Crippen LogP contribution in [0.5, 0.6) is 5.75 Å². The van der Waals surface area contributed by atoms with Gasteiger partial charge in [0.15, 0.2) is 0 Å². The molecule has 1 fully saturated rings. The van der Waals surface area contributed by atoms with E-state index in [2.05, 4.69) is 0 Å². The summed E-state index contributed by atoms with van der Waals surface area (Å²) < 4.78 is 10.9. The Morgan fingerprint density at radius 1 is 0.792 bits per heavy atom. The molecular formula is C18H20O6. The highest BCUT2D eigenvalue weighted by atomic mass is 16.7. The van der Waals surface area contributed by atoms with E-state index in [1.165, 1.54) is 0 Å². The highest BCUT2D eigenvalue weighted by molar-refractivity contribution is 5.63. The second-order valence-electron chi connectivity index (χ2n) is 5.71. The largest absolute Gasteiger partial charge is 0.462 e. The van der Waals surface area contributed by atoms with Crippen molar-refractivity contribution in [2.75, 3.05) is 6.61 Å². The molecule has 0 spiro atoms. The zero-order valence-electron chi connectivity index (χ0n) is 12.9. The maximum absolute atomic E-state index is 9.97. The topological polar surface area (TPSA) is 99.4 Å². The predicted molar refractivity (Wildman–Crippen MR) is 86.3 cm³/mol. The Morgan fingerprint density at radius 3 is 2.04 bits per heavy atom. The van der Waals surface area contributed by atoms with Crippen LogP contribution in [0.1, 0.15) is 0 Å². The zero-order chi connectivity index (χ0) is 17.1. The van der Waals surface area contributed by atoms with Gasteiger partial charge in [0, 0.05) is 0 Å². The number of benzene rings is 2. The summed E-state index contributed by atoms with van der Waals surface area (Å²) in [4.78, 5) is 0. The molecule has 0 saturated carbocycles. The van der Waals surface area contributed by atoms with Crippen molar-refractivity contribution in [2.24, 2.45) is 0 Å². The van der Waals surface area contributed by atoms with Crippen LogP contribution in [0.3, 0.4) is 0 Å². The summed E-state index contributed by atoms with van der Waals surface area (Å²) in [5, 5.41) is 38.7. The molecule has 0 bridgehead atoms. The lowest BCUT2D eigenvalue weighted by Gasteiger charge is -2.39. The maximum Gasteiger partial charge on any atom is 0.229 e. The van der Waals surface area contributed by atoms with Crippen molar-refractivity contribution in [3.63, 3.8) is 0 Å². The number of aliphatic hydroxyl groups excluding tert-OH is 4. The Morgan fingerprint density at radius 2 is 1.42 bits per heavy atom. The Kier molecular flexibility index (Phi) is 5.13. The molecule has 4 N–H and O–H groups in total. The minimum atomic E-state index is -1.45. The van der Waals surface area contributed by atoms with Crippen molar-refractivity contribution < 1.29 is 29.9 Å². The molecule has 1 saturated heterocycles. The van der Waals surface area contributed by atoms with Crippen LogP contribution in [0, 0.1) is 0 Å². The molecule has 3 rings (SSSR count). The van der Waals surface area contributed by atoms with Crippen LogP contribution < -0.4 is 4.74 Å². The molecule has 0 amide bonds. The summed E-state index contributed by atoms with van der Waals surface area (Å²) in [6.45, 7) is -0.488. The Bertz CT molecular complexity index is 642. The van der Waals surface area contributed by atoms with Crippen LogP contribution in [-0.2, 0) is 4.74 Å². The van der Waals surface area contributed by atoms with Crippen molar-refractivity contribution in [3.05, 3.63) is 54.6 Å². The number of rotatable bonds is 4. The van der Waals surface area contributed by atoms with Crippen LogP contribution in [0.2, 0.25) is 0 Å². The van der Waals surface area contributed by atoms with E-state index in [0.29, 0.717) is 5.75 Å². The van der Waals surface area contributed by atoms with E-state index in [-0.39, 0.29) is 0 Å². The molecule has 0 radical (unpaired) electrons. The van der Waals surface area contributed by atoms with E-state index in [0.717, 1.165) is 11.1 Å². The van der Waals surface area contributed by atoms with Crippen molar-refractivity contribution in [1.82, 2.24) is 0 Å². The van der Waals surface area contributed by atoms with Gasteiger partial charge >= 0.3 is 0 Å². The highest BCUT2D eigenvalue weighted by Gasteiger charge is 2.44. The van der Waals surface area contributed by atoms with E-state index in [4.69, 9.17) is 9.47 Å². The van der Waals surface area contributed by atoms with Crippen molar-refractivity contribution in [2.45, 2.75) is 30.7 Å². The molecule has 1 unspecified atom stereocenters. The first kappa shape index (κ1) is 16.9. The van der Waals surface area contributed by atoms with Crippen molar-refractivity contribution in [3.8, 4) is 16.9 Å². The smallest absolute Gasteiger partial charge is 0.229 e. The van der Waals surface area contributed by atoms with E-state index in [9.17, 15) is 20.4 Å². The molecule has 6 nitrogen and oxygen atoms in total. The second-order valence-corrected chi connectivity index (χ2v) is 5.71. The van der Waals surface area contributed by atoms with Crippen LogP contribution >= 0.6 is 0 Å².